The van der Waals surface area contributed by atoms with Crippen LogP contribution in [0.4, 0.5) is 23.7 Å². The van der Waals surface area contributed by atoms with Crippen molar-refractivity contribution in [1.29, 1.82) is 0 Å². The van der Waals surface area contributed by atoms with E-state index in [1.807, 2.05) is 0 Å². The highest BCUT2D eigenvalue weighted by Crippen LogP contribution is 2.28. The third kappa shape index (κ3) is 7.23. The number of carbonyl (C=O) groups excluding carboxylic acids is 1. The van der Waals surface area contributed by atoms with Crippen molar-refractivity contribution in [3.63, 3.8) is 0 Å². The van der Waals surface area contributed by atoms with Crippen LogP contribution in [0.3, 0.4) is 0 Å². The van der Waals surface area contributed by atoms with Crippen LogP contribution in [0.15, 0.2) is 18.2 Å². The molecular weight excluding hydrogens is 313 g/mol. The summed E-state index contributed by atoms with van der Waals surface area (Å²) in [6, 6.07) is 3.94. The van der Waals surface area contributed by atoms with Crippen molar-refractivity contribution in [2.75, 3.05) is 18.5 Å². The second-order valence-electron chi connectivity index (χ2n) is 5.84. The van der Waals surface area contributed by atoms with E-state index in [-0.39, 0.29) is 18.0 Å². The first-order valence-electron chi connectivity index (χ1n) is 7.03. The van der Waals surface area contributed by atoms with E-state index in [0.717, 1.165) is 0 Å². The molecule has 2 amide bonds. The van der Waals surface area contributed by atoms with Gasteiger partial charge in [0.2, 0.25) is 0 Å². The lowest BCUT2D eigenvalue weighted by Crippen LogP contribution is -2.46. The zero-order valence-electron chi connectivity index (χ0n) is 13.3. The third-order valence-electron chi connectivity index (χ3n) is 2.97. The van der Waals surface area contributed by atoms with Crippen LogP contribution in [-0.4, -0.2) is 36.1 Å². The SMILES string of the molecule is Cc1ccc(NC(=O)NC(C)(C)CCO)c(OCC(F)(F)F)c1. The highest BCUT2D eigenvalue weighted by Gasteiger charge is 2.29. The first kappa shape index (κ1) is 19.1. The monoisotopic (exact) mass is 334 g/mol. The van der Waals surface area contributed by atoms with E-state index in [4.69, 9.17) is 9.84 Å². The van der Waals surface area contributed by atoms with Gasteiger partial charge in [-0.25, -0.2) is 4.79 Å². The Morgan fingerprint density at radius 3 is 2.52 bits per heavy atom. The average molecular weight is 334 g/mol. The zero-order chi connectivity index (χ0) is 17.7. The molecular formula is C15H21F3N2O3. The Hall–Kier alpha value is -1.96. The maximum Gasteiger partial charge on any atom is 0.422 e. The van der Waals surface area contributed by atoms with Crippen LogP contribution in [0.1, 0.15) is 25.8 Å². The summed E-state index contributed by atoms with van der Waals surface area (Å²) in [6.45, 7) is 3.60. The predicted octanol–water partition coefficient (Wildman–Crippen LogP) is 3.22. The normalized spacial score (nSPS) is 12.0. The van der Waals surface area contributed by atoms with Gasteiger partial charge in [0.1, 0.15) is 5.75 Å². The second kappa shape index (κ2) is 7.54. The van der Waals surface area contributed by atoms with Crippen LogP contribution in [-0.2, 0) is 0 Å². The van der Waals surface area contributed by atoms with E-state index in [1.165, 1.54) is 12.1 Å². The van der Waals surface area contributed by atoms with Crippen molar-refractivity contribution in [3.05, 3.63) is 23.8 Å². The van der Waals surface area contributed by atoms with Gasteiger partial charge < -0.3 is 20.5 Å². The number of aryl methyl sites for hydroxylation is 1. The summed E-state index contributed by atoms with van der Waals surface area (Å²) in [4.78, 5) is 12.0. The number of carbonyl (C=O) groups is 1. The molecule has 1 aromatic carbocycles. The van der Waals surface area contributed by atoms with E-state index >= 15 is 0 Å². The number of hydrogen-bond acceptors (Lipinski definition) is 3. The number of halogens is 3. The molecule has 0 radical (unpaired) electrons. The Morgan fingerprint density at radius 2 is 1.96 bits per heavy atom. The summed E-state index contributed by atoms with van der Waals surface area (Å²) in [5.41, 5.74) is 0.183. The molecule has 0 unspecified atom stereocenters. The maximum atomic E-state index is 12.3. The van der Waals surface area contributed by atoms with Crippen molar-refractivity contribution >= 4 is 11.7 Å². The minimum absolute atomic E-state index is 0.0579. The number of alkyl halides is 3. The fourth-order valence-corrected chi connectivity index (χ4v) is 1.81. The van der Waals surface area contributed by atoms with Gasteiger partial charge in [0, 0.05) is 12.1 Å². The van der Waals surface area contributed by atoms with Crippen molar-refractivity contribution in [3.8, 4) is 5.75 Å². The quantitative estimate of drug-likeness (QED) is 0.748. The maximum absolute atomic E-state index is 12.3. The molecule has 0 aromatic heterocycles. The Morgan fingerprint density at radius 1 is 1.30 bits per heavy atom. The molecule has 3 N–H and O–H groups in total. The Bertz CT molecular complexity index is 545. The summed E-state index contributed by atoms with van der Waals surface area (Å²) in [5, 5.41) is 14.0. The molecule has 0 aliphatic rings. The molecule has 0 fully saturated rings. The van der Waals surface area contributed by atoms with Crippen LogP contribution in [0.5, 0.6) is 5.75 Å². The summed E-state index contributed by atoms with van der Waals surface area (Å²) in [5.74, 6) is -0.0579. The Labute approximate surface area is 132 Å². The molecule has 0 aliphatic carbocycles. The van der Waals surface area contributed by atoms with E-state index < -0.39 is 24.4 Å². The largest absolute Gasteiger partial charge is 0.482 e. The topological polar surface area (TPSA) is 70.6 Å². The van der Waals surface area contributed by atoms with Crippen LogP contribution < -0.4 is 15.4 Å². The van der Waals surface area contributed by atoms with Gasteiger partial charge in [-0.05, 0) is 44.9 Å². The lowest BCUT2D eigenvalue weighted by atomic mass is 10.0. The van der Waals surface area contributed by atoms with E-state index in [0.29, 0.717) is 12.0 Å². The number of rotatable bonds is 6. The highest BCUT2D eigenvalue weighted by atomic mass is 19.4. The van der Waals surface area contributed by atoms with Gasteiger partial charge >= 0.3 is 12.2 Å². The van der Waals surface area contributed by atoms with Gasteiger partial charge in [-0.1, -0.05) is 6.07 Å². The van der Waals surface area contributed by atoms with Crippen molar-refractivity contribution in [2.24, 2.45) is 0 Å². The fourth-order valence-electron chi connectivity index (χ4n) is 1.81. The number of nitrogens with one attached hydrogen (secondary N) is 2. The number of benzene rings is 1. The lowest BCUT2D eigenvalue weighted by Gasteiger charge is -2.25. The third-order valence-corrected chi connectivity index (χ3v) is 2.97. The van der Waals surface area contributed by atoms with E-state index in [2.05, 4.69) is 10.6 Å². The number of aliphatic hydroxyl groups is 1. The Kier molecular flexibility index (Phi) is 6.26. The second-order valence-corrected chi connectivity index (χ2v) is 5.84. The predicted molar refractivity (Wildman–Crippen MR) is 80.7 cm³/mol. The first-order valence-corrected chi connectivity index (χ1v) is 7.03. The van der Waals surface area contributed by atoms with Gasteiger partial charge in [0.05, 0.1) is 5.69 Å². The minimum Gasteiger partial charge on any atom is -0.482 e. The molecule has 0 saturated carbocycles. The van der Waals surface area contributed by atoms with E-state index in [9.17, 15) is 18.0 Å². The smallest absolute Gasteiger partial charge is 0.422 e. The summed E-state index contributed by atoms with van der Waals surface area (Å²) in [6.07, 6.45) is -4.13. The van der Waals surface area contributed by atoms with Crippen molar-refractivity contribution < 1.29 is 27.8 Å². The van der Waals surface area contributed by atoms with Crippen LogP contribution >= 0.6 is 0 Å². The first-order chi connectivity index (χ1) is 10.5. The average Bonchev–Trinajstić information content (AvgIpc) is 2.37. The minimum atomic E-state index is -4.47. The Balaban J connectivity index is 2.81. The molecule has 1 aromatic rings. The molecule has 1 rings (SSSR count). The number of amides is 2. The van der Waals surface area contributed by atoms with Gasteiger partial charge in [-0.3, -0.25) is 0 Å². The zero-order valence-corrected chi connectivity index (χ0v) is 13.3. The van der Waals surface area contributed by atoms with Gasteiger partial charge in [0.15, 0.2) is 6.61 Å². The number of ether oxygens (including phenoxy) is 1. The standard InChI is InChI=1S/C15H21F3N2O3/c1-10-4-5-11(12(8-10)23-9-15(16,17)18)19-13(22)20-14(2,3)6-7-21/h4-5,8,21H,6-7,9H2,1-3H3,(H2,19,20,22). The molecule has 0 saturated heterocycles. The molecule has 0 bridgehead atoms. The molecule has 0 aliphatic heterocycles. The molecule has 0 heterocycles. The van der Waals surface area contributed by atoms with Gasteiger partial charge in [0.25, 0.3) is 0 Å². The van der Waals surface area contributed by atoms with Crippen LogP contribution in [0.2, 0.25) is 0 Å². The van der Waals surface area contributed by atoms with Crippen molar-refractivity contribution in [1.82, 2.24) is 5.32 Å². The lowest BCUT2D eigenvalue weighted by molar-refractivity contribution is -0.153. The molecule has 130 valence electrons. The summed E-state index contributed by atoms with van der Waals surface area (Å²) >= 11 is 0. The van der Waals surface area contributed by atoms with Gasteiger partial charge in [-0.15, -0.1) is 0 Å². The van der Waals surface area contributed by atoms with Crippen molar-refractivity contribution in [2.45, 2.75) is 38.9 Å². The molecule has 5 nitrogen and oxygen atoms in total. The van der Waals surface area contributed by atoms with Gasteiger partial charge in [-0.2, -0.15) is 13.2 Å². The number of hydrogen-bond donors (Lipinski definition) is 3. The number of aliphatic hydroxyl groups excluding tert-OH is 1. The molecule has 23 heavy (non-hydrogen) atoms. The van der Waals surface area contributed by atoms with Crippen LogP contribution in [0.25, 0.3) is 0 Å². The van der Waals surface area contributed by atoms with Crippen LogP contribution in [0, 0.1) is 6.92 Å². The molecule has 8 heteroatoms. The molecule has 0 spiro atoms. The number of anilines is 1. The van der Waals surface area contributed by atoms with E-state index in [1.54, 1.807) is 26.8 Å². The summed E-state index contributed by atoms with van der Waals surface area (Å²) < 4.78 is 41.6. The number of urea groups is 1. The molecule has 0 atom stereocenters. The highest BCUT2D eigenvalue weighted by molar-refractivity contribution is 5.91. The fraction of sp³-hybridized carbons (Fsp3) is 0.533. The summed E-state index contributed by atoms with van der Waals surface area (Å²) in [7, 11) is 0.